The predicted octanol–water partition coefficient (Wildman–Crippen LogP) is 3.43. The third-order valence-electron chi connectivity index (χ3n) is 5.35. The smallest absolute Gasteiger partial charge is 0.253 e. The van der Waals surface area contributed by atoms with Crippen LogP contribution in [0.5, 0.6) is 0 Å². The van der Waals surface area contributed by atoms with Crippen molar-refractivity contribution < 1.29 is 9.59 Å². The number of carbonyl (C=O) groups excluding carboxylic acids is 2. The zero-order valence-electron chi connectivity index (χ0n) is 16.5. The van der Waals surface area contributed by atoms with Gasteiger partial charge in [0.05, 0.1) is 17.8 Å². The highest BCUT2D eigenvalue weighted by Crippen LogP contribution is 2.29. The molecule has 1 aliphatic rings. The summed E-state index contributed by atoms with van der Waals surface area (Å²) in [6.45, 7) is 9.52. The first-order valence-electron chi connectivity index (χ1n) is 9.79. The van der Waals surface area contributed by atoms with Crippen LogP contribution >= 0.6 is 0 Å². The number of para-hydroxylation sites is 1. The van der Waals surface area contributed by atoms with Crippen LogP contribution in [-0.4, -0.2) is 30.9 Å². The van der Waals surface area contributed by atoms with Gasteiger partial charge in [-0.3, -0.25) is 9.59 Å². The number of benzene rings is 1. The molecule has 1 aliphatic carbocycles. The lowest BCUT2D eigenvalue weighted by atomic mass is 9.78. The van der Waals surface area contributed by atoms with Gasteiger partial charge in [-0.2, -0.15) is 0 Å². The number of amides is 2. The summed E-state index contributed by atoms with van der Waals surface area (Å²) in [6, 6.07) is 7.53. The molecule has 0 aliphatic heterocycles. The molecular formula is C21H33N3O2. The Hall–Kier alpha value is -1.88. The maximum Gasteiger partial charge on any atom is 0.253 e. The fourth-order valence-corrected chi connectivity index (χ4v) is 3.47. The standard InChI is InChI=1S/C21H33N3O2/c1-14(2)12-23-21(26)17-9-5-6-10-19(17)24-20(25)13-22-18-11-7-8-15(3)16(18)4/h5-6,9-10,14-16,18,22H,7-8,11-13H2,1-4H3,(H,23,26)(H,24,25). The number of nitrogens with one attached hydrogen (secondary N) is 3. The van der Waals surface area contributed by atoms with Gasteiger partial charge >= 0.3 is 0 Å². The molecule has 1 aromatic carbocycles. The van der Waals surface area contributed by atoms with Gasteiger partial charge in [0.2, 0.25) is 5.91 Å². The SMILES string of the molecule is CC(C)CNC(=O)c1ccccc1NC(=O)CNC1CCCC(C)C1C. The fourth-order valence-electron chi connectivity index (χ4n) is 3.47. The number of anilines is 1. The Morgan fingerprint density at radius 3 is 2.62 bits per heavy atom. The van der Waals surface area contributed by atoms with Crippen LogP contribution in [0.4, 0.5) is 5.69 Å². The van der Waals surface area contributed by atoms with E-state index in [1.807, 2.05) is 26.0 Å². The van der Waals surface area contributed by atoms with E-state index in [1.165, 1.54) is 12.8 Å². The maximum atomic E-state index is 12.4. The number of hydrogen-bond donors (Lipinski definition) is 3. The van der Waals surface area contributed by atoms with E-state index in [0.29, 0.717) is 41.6 Å². The molecule has 1 saturated carbocycles. The summed E-state index contributed by atoms with van der Waals surface area (Å²) in [5, 5.41) is 9.18. The third-order valence-corrected chi connectivity index (χ3v) is 5.35. The number of rotatable bonds is 7. The minimum Gasteiger partial charge on any atom is -0.352 e. The Morgan fingerprint density at radius 2 is 1.88 bits per heavy atom. The van der Waals surface area contributed by atoms with Crippen LogP contribution in [0.25, 0.3) is 0 Å². The fraction of sp³-hybridized carbons (Fsp3) is 0.619. The molecule has 3 N–H and O–H groups in total. The van der Waals surface area contributed by atoms with E-state index in [1.54, 1.807) is 12.1 Å². The minimum absolute atomic E-state index is 0.112. The van der Waals surface area contributed by atoms with E-state index in [9.17, 15) is 9.59 Å². The Labute approximate surface area is 157 Å². The van der Waals surface area contributed by atoms with Gasteiger partial charge in [-0.05, 0) is 36.3 Å². The lowest BCUT2D eigenvalue weighted by Crippen LogP contribution is -2.44. The first-order chi connectivity index (χ1) is 12.4. The summed E-state index contributed by atoms with van der Waals surface area (Å²) in [5.41, 5.74) is 1.06. The Morgan fingerprint density at radius 1 is 1.15 bits per heavy atom. The molecule has 0 saturated heterocycles. The highest BCUT2D eigenvalue weighted by molar-refractivity contribution is 6.04. The molecule has 2 amide bonds. The molecule has 1 aromatic rings. The molecular weight excluding hydrogens is 326 g/mol. The Bertz CT molecular complexity index is 615. The van der Waals surface area contributed by atoms with Crippen molar-refractivity contribution >= 4 is 17.5 Å². The van der Waals surface area contributed by atoms with E-state index in [4.69, 9.17) is 0 Å². The normalized spacial score (nSPS) is 22.9. The zero-order chi connectivity index (χ0) is 19.1. The van der Waals surface area contributed by atoms with Crippen molar-refractivity contribution in [3.8, 4) is 0 Å². The van der Waals surface area contributed by atoms with Crippen LogP contribution in [-0.2, 0) is 4.79 Å². The first-order valence-corrected chi connectivity index (χ1v) is 9.79. The van der Waals surface area contributed by atoms with Crippen molar-refractivity contribution in [3.63, 3.8) is 0 Å². The third kappa shape index (κ3) is 5.84. The molecule has 0 bridgehead atoms. The van der Waals surface area contributed by atoms with Crippen LogP contribution in [0.3, 0.4) is 0 Å². The molecule has 3 atom stereocenters. The van der Waals surface area contributed by atoms with Gasteiger partial charge in [0.25, 0.3) is 5.91 Å². The first kappa shape index (κ1) is 20.4. The van der Waals surface area contributed by atoms with Crippen LogP contribution < -0.4 is 16.0 Å². The van der Waals surface area contributed by atoms with Gasteiger partial charge in [-0.15, -0.1) is 0 Å². The Kier molecular flexibility index (Phi) is 7.64. The van der Waals surface area contributed by atoms with E-state index in [2.05, 4.69) is 29.8 Å². The molecule has 0 aromatic heterocycles. The highest BCUT2D eigenvalue weighted by atomic mass is 16.2. The topological polar surface area (TPSA) is 70.2 Å². The van der Waals surface area contributed by atoms with Crippen LogP contribution in [0.1, 0.15) is 57.3 Å². The largest absolute Gasteiger partial charge is 0.352 e. The number of carbonyl (C=O) groups is 2. The summed E-state index contributed by atoms with van der Waals surface area (Å²) >= 11 is 0. The highest BCUT2D eigenvalue weighted by Gasteiger charge is 2.27. The summed E-state index contributed by atoms with van der Waals surface area (Å²) in [6.07, 6.45) is 3.60. The van der Waals surface area contributed by atoms with Crippen LogP contribution in [0, 0.1) is 17.8 Å². The summed E-state index contributed by atoms with van der Waals surface area (Å²) < 4.78 is 0. The summed E-state index contributed by atoms with van der Waals surface area (Å²) in [4.78, 5) is 24.7. The van der Waals surface area contributed by atoms with E-state index in [-0.39, 0.29) is 18.4 Å². The zero-order valence-corrected chi connectivity index (χ0v) is 16.5. The van der Waals surface area contributed by atoms with Gasteiger partial charge in [-0.25, -0.2) is 0 Å². The van der Waals surface area contributed by atoms with Gasteiger partial charge in [0.15, 0.2) is 0 Å². The minimum atomic E-state index is -0.155. The van der Waals surface area contributed by atoms with Crippen LogP contribution in [0.2, 0.25) is 0 Å². The van der Waals surface area contributed by atoms with Crippen molar-refractivity contribution in [1.29, 1.82) is 0 Å². The quantitative estimate of drug-likeness (QED) is 0.698. The average Bonchev–Trinajstić information content (AvgIpc) is 2.61. The molecule has 5 nitrogen and oxygen atoms in total. The molecule has 144 valence electrons. The van der Waals surface area contributed by atoms with Crippen molar-refractivity contribution in [2.45, 2.75) is 53.0 Å². The van der Waals surface area contributed by atoms with E-state index in [0.717, 1.165) is 6.42 Å². The van der Waals surface area contributed by atoms with E-state index < -0.39 is 0 Å². The van der Waals surface area contributed by atoms with Crippen molar-refractivity contribution in [1.82, 2.24) is 10.6 Å². The second-order valence-electron chi connectivity index (χ2n) is 7.95. The molecule has 3 unspecified atom stereocenters. The van der Waals surface area contributed by atoms with E-state index >= 15 is 0 Å². The molecule has 0 heterocycles. The van der Waals surface area contributed by atoms with Gasteiger partial charge in [0.1, 0.15) is 0 Å². The monoisotopic (exact) mass is 359 g/mol. The van der Waals surface area contributed by atoms with Gasteiger partial charge in [0, 0.05) is 12.6 Å². The molecule has 0 radical (unpaired) electrons. The molecule has 1 fully saturated rings. The molecule has 2 rings (SSSR count). The van der Waals surface area contributed by atoms with Crippen molar-refractivity contribution in [2.75, 3.05) is 18.4 Å². The second-order valence-corrected chi connectivity index (χ2v) is 7.95. The maximum absolute atomic E-state index is 12.4. The lowest BCUT2D eigenvalue weighted by molar-refractivity contribution is -0.115. The Balaban J connectivity index is 1.91. The summed E-state index contributed by atoms with van der Waals surface area (Å²) in [7, 11) is 0. The van der Waals surface area contributed by atoms with Gasteiger partial charge in [-0.1, -0.05) is 52.7 Å². The molecule has 5 heteroatoms. The predicted molar refractivity (Wildman–Crippen MR) is 106 cm³/mol. The lowest BCUT2D eigenvalue weighted by Gasteiger charge is -2.34. The van der Waals surface area contributed by atoms with Crippen molar-refractivity contribution in [2.24, 2.45) is 17.8 Å². The average molecular weight is 360 g/mol. The van der Waals surface area contributed by atoms with Crippen molar-refractivity contribution in [3.05, 3.63) is 29.8 Å². The molecule has 26 heavy (non-hydrogen) atoms. The number of hydrogen-bond acceptors (Lipinski definition) is 3. The molecule has 0 spiro atoms. The summed E-state index contributed by atoms with van der Waals surface area (Å²) in [5.74, 6) is 1.38. The van der Waals surface area contributed by atoms with Gasteiger partial charge < -0.3 is 16.0 Å². The second kappa shape index (κ2) is 9.72. The van der Waals surface area contributed by atoms with Crippen LogP contribution in [0.15, 0.2) is 24.3 Å².